The minimum atomic E-state index is -4.54. The molecule has 1 aromatic carbocycles. The summed E-state index contributed by atoms with van der Waals surface area (Å²) in [6.07, 6.45) is -4.46. The van der Waals surface area contributed by atoms with Crippen LogP contribution in [0.3, 0.4) is 0 Å². The second kappa shape index (κ2) is 5.61. The Morgan fingerprint density at radius 3 is 2.70 bits per heavy atom. The quantitative estimate of drug-likeness (QED) is 0.908. The molecule has 6 heteroatoms. The summed E-state index contributed by atoms with van der Waals surface area (Å²) < 4.78 is 43.8. The van der Waals surface area contributed by atoms with Crippen LogP contribution in [0.4, 0.5) is 13.2 Å². The summed E-state index contributed by atoms with van der Waals surface area (Å²) in [6, 6.07) is 3.81. The number of phenols is 1. The van der Waals surface area contributed by atoms with E-state index in [1.807, 2.05) is 13.8 Å². The molecule has 20 heavy (non-hydrogen) atoms. The number of alkyl halides is 3. The summed E-state index contributed by atoms with van der Waals surface area (Å²) >= 11 is 0. The molecule has 0 radical (unpaired) electrons. The van der Waals surface area contributed by atoms with Crippen LogP contribution in [0.25, 0.3) is 0 Å². The van der Waals surface area contributed by atoms with E-state index in [0.29, 0.717) is 25.3 Å². The summed E-state index contributed by atoms with van der Waals surface area (Å²) in [6.45, 7) is 5.60. The van der Waals surface area contributed by atoms with Crippen molar-refractivity contribution in [2.24, 2.45) is 0 Å². The van der Waals surface area contributed by atoms with E-state index in [4.69, 9.17) is 4.74 Å². The lowest BCUT2D eigenvalue weighted by molar-refractivity contribution is -0.138. The van der Waals surface area contributed by atoms with Crippen molar-refractivity contribution in [1.29, 1.82) is 0 Å². The zero-order chi connectivity index (χ0) is 14.9. The molecule has 3 nitrogen and oxygen atoms in total. The van der Waals surface area contributed by atoms with Crippen LogP contribution in [-0.2, 0) is 17.5 Å². The molecule has 0 spiro atoms. The zero-order valence-corrected chi connectivity index (χ0v) is 11.4. The van der Waals surface area contributed by atoms with E-state index >= 15 is 0 Å². The maximum atomic E-state index is 12.8. The van der Waals surface area contributed by atoms with E-state index in [2.05, 4.69) is 4.90 Å². The molecule has 1 N–H and O–H groups in total. The van der Waals surface area contributed by atoms with Gasteiger partial charge in [0.05, 0.1) is 18.3 Å². The van der Waals surface area contributed by atoms with Crippen LogP contribution in [0.15, 0.2) is 18.2 Å². The molecular weight excluding hydrogens is 271 g/mol. The van der Waals surface area contributed by atoms with Gasteiger partial charge in [0.2, 0.25) is 0 Å². The number of morpholine rings is 1. The van der Waals surface area contributed by atoms with E-state index in [1.165, 1.54) is 6.07 Å². The first-order valence-corrected chi connectivity index (χ1v) is 6.52. The minimum absolute atomic E-state index is 0.0744. The minimum Gasteiger partial charge on any atom is -0.507 e. The van der Waals surface area contributed by atoms with Gasteiger partial charge in [0.1, 0.15) is 5.75 Å². The average molecular weight is 289 g/mol. The fourth-order valence-electron chi connectivity index (χ4n) is 2.34. The maximum absolute atomic E-state index is 12.8. The van der Waals surface area contributed by atoms with Crippen LogP contribution in [0.1, 0.15) is 25.0 Å². The molecule has 2 unspecified atom stereocenters. The van der Waals surface area contributed by atoms with Gasteiger partial charge in [-0.3, -0.25) is 4.90 Å². The third kappa shape index (κ3) is 3.43. The van der Waals surface area contributed by atoms with Gasteiger partial charge in [-0.15, -0.1) is 0 Å². The molecule has 0 saturated carbocycles. The Hall–Kier alpha value is -1.27. The van der Waals surface area contributed by atoms with Gasteiger partial charge in [-0.2, -0.15) is 13.2 Å². The van der Waals surface area contributed by atoms with Gasteiger partial charge < -0.3 is 9.84 Å². The number of nitrogens with zero attached hydrogens (tertiary/aromatic N) is 1. The third-order valence-corrected chi connectivity index (χ3v) is 3.49. The lowest BCUT2D eigenvalue weighted by Crippen LogP contribution is -2.46. The molecule has 0 aliphatic carbocycles. The summed E-state index contributed by atoms with van der Waals surface area (Å²) in [5.41, 5.74) is -0.444. The lowest BCUT2D eigenvalue weighted by Gasteiger charge is -2.36. The number of phenolic OH excluding ortho intramolecular Hbond substituents is 1. The van der Waals surface area contributed by atoms with Crippen LogP contribution in [0.5, 0.6) is 5.75 Å². The number of halogens is 3. The topological polar surface area (TPSA) is 32.7 Å². The van der Waals surface area contributed by atoms with Crippen LogP contribution in [0, 0.1) is 0 Å². The predicted octanol–water partition coefficient (Wildman–Crippen LogP) is 3.02. The van der Waals surface area contributed by atoms with Crippen molar-refractivity contribution in [3.63, 3.8) is 0 Å². The normalized spacial score (nSPS) is 24.9. The standard InChI is InChI=1S/C14H18F3NO2/c1-9-8-20-10(2)6-18(9)7-11-3-4-13(19)12(5-11)14(15,16)17/h3-5,9-10,19H,6-8H2,1-2H3. The Morgan fingerprint density at radius 2 is 2.05 bits per heavy atom. The van der Waals surface area contributed by atoms with Crippen LogP contribution in [-0.4, -0.2) is 35.3 Å². The van der Waals surface area contributed by atoms with E-state index in [1.54, 1.807) is 0 Å². The van der Waals surface area contributed by atoms with Crippen molar-refractivity contribution < 1.29 is 23.0 Å². The Bertz CT molecular complexity index is 476. The molecule has 1 saturated heterocycles. The van der Waals surface area contributed by atoms with Crippen LogP contribution in [0.2, 0.25) is 0 Å². The fraction of sp³-hybridized carbons (Fsp3) is 0.571. The molecule has 0 bridgehead atoms. The molecule has 2 atom stereocenters. The van der Waals surface area contributed by atoms with E-state index in [9.17, 15) is 18.3 Å². The fourth-order valence-corrected chi connectivity index (χ4v) is 2.34. The van der Waals surface area contributed by atoms with E-state index < -0.39 is 17.5 Å². The van der Waals surface area contributed by atoms with Gasteiger partial charge in [0.15, 0.2) is 0 Å². The maximum Gasteiger partial charge on any atom is 0.419 e. The first-order valence-electron chi connectivity index (χ1n) is 6.52. The first-order chi connectivity index (χ1) is 9.27. The molecule has 2 rings (SSSR count). The molecule has 1 aliphatic heterocycles. The van der Waals surface area contributed by atoms with Crippen molar-refractivity contribution in [3.05, 3.63) is 29.3 Å². The molecule has 112 valence electrons. The largest absolute Gasteiger partial charge is 0.507 e. The van der Waals surface area contributed by atoms with Gasteiger partial charge in [-0.05, 0) is 31.5 Å². The molecule has 1 fully saturated rings. The number of rotatable bonds is 2. The van der Waals surface area contributed by atoms with Crippen molar-refractivity contribution in [1.82, 2.24) is 4.90 Å². The number of benzene rings is 1. The number of hydrogen-bond acceptors (Lipinski definition) is 3. The number of aromatic hydroxyl groups is 1. The van der Waals surface area contributed by atoms with Crippen molar-refractivity contribution in [2.75, 3.05) is 13.2 Å². The Kier molecular flexibility index (Phi) is 4.25. The van der Waals surface area contributed by atoms with Gasteiger partial charge in [0.25, 0.3) is 0 Å². The highest BCUT2D eigenvalue weighted by molar-refractivity contribution is 5.38. The monoisotopic (exact) mass is 289 g/mol. The molecule has 1 aromatic rings. The van der Waals surface area contributed by atoms with Gasteiger partial charge >= 0.3 is 6.18 Å². The third-order valence-electron chi connectivity index (χ3n) is 3.49. The van der Waals surface area contributed by atoms with Gasteiger partial charge in [-0.25, -0.2) is 0 Å². The summed E-state index contributed by atoms with van der Waals surface area (Å²) in [7, 11) is 0. The molecule has 0 aromatic heterocycles. The Morgan fingerprint density at radius 1 is 1.35 bits per heavy atom. The number of hydrogen-bond donors (Lipinski definition) is 1. The van der Waals surface area contributed by atoms with Gasteiger partial charge in [-0.1, -0.05) is 6.07 Å². The highest BCUT2D eigenvalue weighted by Gasteiger charge is 2.34. The van der Waals surface area contributed by atoms with Crippen molar-refractivity contribution in [3.8, 4) is 5.75 Å². The lowest BCUT2D eigenvalue weighted by atomic mass is 10.1. The Labute approximate surface area is 116 Å². The average Bonchev–Trinajstić information content (AvgIpc) is 2.35. The zero-order valence-electron chi connectivity index (χ0n) is 11.4. The highest BCUT2D eigenvalue weighted by Crippen LogP contribution is 2.36. The number of ether oxygens (including phenoxy) is 1. The molecule has 1 heterocycles. The first kappa shape index (κ1) is 15.1. The molecule has 0 amide bonds. The van der Waals surface area contributed by atoms with E-state index in [0.717, 1.165) is 12.1 Å². The second-order valence-corrected chi connectivity index (χ2v) is 5.27. The summed E-state index contributed by atoms with van der Waals surface area (Å²) in [5, 5.41) is 9.32. The van der Waals surface area contributed by atoms with Crippen LogP contribution >= 0.6 is 0 Å². The van der Waals surface area contributed by atoms with Crippen LogP contribution < -0.4 is 0 Å². The van der Waals surface area contributed by atoms with Gasteiger partial charge in [0, 0.05) is 19.1 Å². The smallest absolute Gasteiger partial charge is 0.419 e. The summed E-state index contributed by atoms with van der Waals surface area (Å²) in [4.78, 5) is 2.08. The van der Waals surface area contributed by atoms with E-state index in [-0.39, 0.29) is 12.1 Å². The second-order valence-electron chi connectivity index (χ2n) is 5.27. The highest BCUT2D eigenvalue weighted by atomic mass is 19.4. The predicted molar refractivity (Wildman–Crippen MR) is 68.4 cm³/mol. The molecular formula is C14H18F3NO2. The SMILES string of the molecule is CC1CN(Cc2ccc(O)c(C(F)(F)F)c2)C(C)CO1. The Balaban J connectivity index is 2.17. The summed E-state index contributed by atoms with van der Waals surface area (Å²) in [5.74, 6) is -0.732. The van der Waals surface area contributed by atoms with Crippen molar-refractivity contribution in [2.45, 2.75) is 38.7 Å². The van der Waals surface area contributed by atoms with Crippen molar-refractivity contribution >= 4 is 0 Å². The molecule has 1 aliphatic rings.